The molecule has 0 aliphatic carbocycles. The van der Waals surface area contributed by atoms with Crippen LogP contribution in [0.4, 0.5) is 5.69 Å². The molecule has 0 unspecified atom stereocenters. The Labute approximate surface area is 104 Å². The van der Waals surface area contributed by atoms with Crippen molar-refractivity contribution in [2.75, 3.05) is 0 Å². The number of hydrogen-bond acceptors (Lipinski definition) is 2. The Morgan fingerprint density at radius 1 is 1.12 bits per heavy atom. The van der Waals surface area contributed by atoms with Gasteiger partial charge < -0.3 is 0 Å². The molecule has 0 bridgehead atoms. The molecular weight excluding hydrogens is 238 g/mol. The minimum atomic E-state index is -0.416. The summed E-state index contributed by atoms with van der Waals surface area (Å²) in [6.45, 7) is 1.97. The summed E-state index contributed by atoms with van der Waals surface area (Å²) in [7, 11) is 0. The van der Waals surface area contributed by atoms with Crippen molar-refractivity contribution < 1.29 is 4.92 Å². The van der Waals surface area contributed by atoms with Gasteiger partial charge in [0.2, 0.25) is 0 Å². The van der Waals surface area contributed by atoms with Crippen LogP contribution in [-0.2, 0) is 0 Å². The summed E-state index contributed by atoms with van der Waals surface area (Å²) < 4.78 is 0. The molecule has 0 atom stereocenters. The highest BCUT2D eigenvalue weighted by Gasteiger charge is 2.15. The van der Waals surface area contributed by atoms with Crippen molar-refractivity contribution in [1.29, 1.82) is 0 Å². The van der Waals surface area contributed by atoms with Crippen molar-refractivity contribution in [3.8, 4) is 11.1 Å². The van der Waals surface area contributed by atoms with Gasteiger partial charge in [-0.05, 0) is 24.6 Å². The molecule has 2 aromatic rings. The molecule has 0 radical (unpaired) electrons. The average Bonchev–Trinajstić information content (AvgIpc) is 2.30. The number of rotatable bonds is 2. The first kappa shape index (κ1) is 11.6. The van der Waals surface area contributed by atoms with E-state index in [0.717, 1.165) is 11.1 Å². The lowest BCUT2D eigenvalue weighted by Gasteiger charge is -2.04. The van der Waals surface area contributed by atoms with E-state index in [9.17, 15) is 10.1 Å². The maximum atomic E-state index is 11.0. The monoisotopic (exact) mass is 247 g/mol. The Hall–Kier alpha value is -1.87. The van der Waals surface area contributed by atoms with Crippen LogP contribution < -0.4 is 0 Å². The van der Waals surface area contributed by atoms with Crippen molar-refractivity contribution in [2.45, 2.75) is 6.92 Å². The summed E-state index contributed by atoms with van der Waals surface area (Å²) in [6.07, 6.45) is 0. The van der Waals surface area contributed by atoms with Crippen LogP contribution in [0.1, 0.15) is 5.56 Å². The van der Waals surface area contributed by atoms with Crippen LogP contribution in [0.15, 0.2) is 42.5 Å². The molecule has 17 heavy (non-hydrogen) atoms. The van der Waals surface area contributed by atoms with Crippen LogP contribution >= 0.6 is 11.6 Å². The van der Waals surface area contributed by atoms with E-state index >= 15 is 0 Å². The molecule has 4 heteroatoms. The fourth-order valence-corrected chi connectivity index (χ4v) is 1.80. The minimum absolute atomic E-state index is 0.0290. The predicted octanol–water partition coefficient (Wildman–Crippen LogP) is 4.22. The van der Waals surface area contributed by atoms with Crippen molar-refractivity contribution in [2.24, 2.45) is 0 Å². The summed E-state index contributed by atoms with van der Waals surface area (Å²) in [5.74, 6) is 0. The molecule has 0 fully saturated rings. The van der Waals surface area contributed by atoms with Gasteiger partial charge in [-0.25, -0.2) is 0 Å². The maximum absolute atomic E-state index is 11.0. The van der Waals surface area contributed by atoms with Gasteiger partial charge in [0.25, 0.3) is 5.69 Å². The topological polar surface area (TPSA) is 43.1 Å². The van der Waals surface area contributed by atoms with E-state index < -0.39 is 4.92 Å². The zero-order valence-electron chi connectivity index (χ0n) is 9.18. The quantitative estimate of drug-likeness (QED) is 0.589. The summed E-state index contributed by atoms with van der Waals surface area (Å²) in [5, 5.41) is 11.3. The third-order valence-corrected chi connectivity index (χ3v) is 2.75. The van der Waals surface area contributed by atoms with Crippen molar-refractivity contribution in [3.05, 3.63) is 63.2 Å². The number of halogens is 1. The van der Waals surface area contributed by atoms with E-state index in [-0.39, 0.29) is 5.69 Å². The van der Waals surface area contributed by atoms with Crippen LogP contribution in [0.25, 0.3) is 11.1 Å². The lowest BCUT2D eigenvalue weighted by atomic mass is 10.0. The van der Waals surface area contributed by atoms with Gasteiger partial charge >= 0.3 is 0 Å². The van der Waals surface area contributed by atoms with E-state index in [2.05, 4.69) is 0 Å². The second-order valence-electron chi connectivity index (χ2n) is 3.78. The van der Waals surface area contributed by atoms with Gasteiger partial charge in [-0.15, -0.1) is 0 Å². The number of nitro groups is 1. The molecule has 86 valence electrons. The molecule has 0 spiro atoms. The number of nitrogens with zero attached hydrogens (tertiary/aromatic N) is 1. The zero-order chi connectivity index (χ0) is 12.4. The average molecular weight is 248 g/mol. The van der Waals surface area contributed by atoms with Crippen molar-refractivity contribution in [3.63, 3.8) is 0 Å². The van der Waals surface area contributed by atoms with Crippen molar-refractivity contribution in [1.82, 2.24) is 0 Å². The first-order valence-electron chi connectivity index (χ1n) is 5.09. The normalized spacial score (nSPS) is 10.2. The molecule has 0 aliphatic rings. The van der Waals surface area contributed by atoms with Crippen LogP contribution in [0, 0.1) is 17.0 Å². The van der Waals surface area contributed by atoms with Gasteiger partial charge in [0.1, 0.15) is 0 Å². The van der Waals surface area contributed by atoms with Crippen molar-refractivity contribution >= 4 is 17.3 Å². The van der Waals surface area contributed by atoms with Crippen LogP contribution in [-0.4, -0.2) is 4.92 Å². The summed E-state index contributed by atoms with van der Waals surface area (Å²) in [5.41, 5.74) is 2.55. The van der Waals surface area contributed by atoms with Gasteiger partial charge in [0.15, 0.2) is 0 Å². The van der Waals surface area contributed by atoms with Gasteiger partial charge in [-0.3, -0.25) is 10.1 Å². The third-order valence-electron chi connectivity index (χ3n) is 2.52. The van der Waals surface area contributed by atoms with Gasteiger partial charge in [0, 0.05) is 11.1 Å². The number of benzene rings is 2. The number of nitro benzene ring substituents is 1. The Bertz CT molecular complexity index is 564. The molecule has 2 rings (SSSR count). The molecule has 2 aromatic carbocycles. The number of hydrogen-bond donors (Lipinski definition) is 0. The summed E-state index contributed by atoms with van der Waals surface area (Å²) in [4.78, 5) is 10.5. The van der Waals surface area contributed by atoms with Gasteiger partial charge in [0.05, 0.1) is 10.5 Å². The highest BCUT2D eigenvalue weighted by atomic mass is 35.5. The molecular formula is C13H10ClNO2. The predicted molar refractivity (Wildman–Crippen MR) is 68.3 cm³/mol. The molecule has 0 saturated carbocycles. The lowest BCUT2D eigenvalue weighted by molar-refractivity contribution is -0.384. The maximum Gasteiger partial charge on any atom is 0.278 e. The Kier molecular flexibility index (Phi) is 3.11. The summed E-state index contributed by atoms with van der Waals surface area (Å²) >= 11 is 5.77. The van der Waals surface area contributed by atoms with E-state index in [1.54, 1.807) is 12.1 Å². The fourth-order valence-electron chi connectivity index (χ4n) is 1.63. The molecule has 0 amide bonds. The molecule has 0 aromatic heterocycles. The van der Waals surface area contributed by atoms with Crippen LogP contribution in [0.2, 0.25) is 5.02 Å². The molecule has 3 nitrogen and oxygen atoms in total. The smallest absolute Gasteiger partial charge is 0.258 e. The lowest BCUT2D eigenvalue weighted by Crippen LogP contribution is -1.92. The summed E-state index contributed by atoms with van der Waals surface area (Å²) in [6, 6.07) is 12.3. The molecule has 0 saturated heterocycles. The Morgan fingerprint density at radius 2 is 1.76 bits per heavy atom. The first-order chi connectivity index (χ1) is 8.08. The second kappa shape index (κ2) is 4.55. The van der Waals surface area contributed by atoms with E-state index in [1.165, 1.54) is 6.07 Å². The van der Waals surface area contributed by atoms with E-state index in [1.807, 2.05) is 31.2 Å². The second-order valence-corrected chi connectivity index (χ2v) is 4.22. The van der Waals surface area contributed by atoms with Crippen LogP contribution in [0.3, 0.4) is 0 Å². The highest BCUT2D eigenvalue weighted by Crippen LogP contribution is 2.32. The minimum Gasteiger partial charge on any atom is -0.258 e. The number of aryl methyl sites for hydroxylation is 1. The van der Waals surface area contributed by atoms with Gasteiger partial charge in [-0.1, -0.05) is 41.4 Å². The Balaban J connectivity index is 2.58. The highest BCUT2D eigenvalue weighted by molar-refractivity contribution is 6.30. The van der Waals surface area contributed by atoms with E-state index in [4.69, 9.17) is 11.6 Å². The standard InChI is InChI=1S/C13H10ClNO2/c1-9-2-4-10(5-3-9)12-7-6-11(14)8-13(12)15(16)17/h2-8H,1H3. The molecule has 0 aliphatic heterocycles. The fraction of sp³-hybridized carbons (Fsp3) is 0.0769. The molecule has 0 N–H and O–H groups in total. The third kappa shape index (κ3) is 2.45. The molecule has 0 heterocycles. The first-order valence-corrected chi connectivity index (χ1v) is 5.47. The largest absolute Gasteiger partial charge is 0.278 e. The van der Waals surface area contributed by atoms with Gasteiger partial charge in [-0.2, -0.15) is 0 Å². The zero-order valence-corrected chi connectivity index (χ0v) is 9.94. The van der Waals surface area contributed by atoms with E-state index in [0.29, 0.717) is 10.6 Å². The Morgan fingerprint density at radius 3 is 2.35 bits per heavy atom. The SMILES string of the molecule is Cc1ccc(-c2ccc(Cl)cc2[N+](=O)[O-])cc1. The van der Waals surface area contributed by atoms with Crippen LogP contribution in [0.5, 0.6) is 0 Å².